The molecule has 2 rings (SSSR count). The Bertz CT molecular complexity index is 661. The van der Waals surface area contributed by atoms with Crippen molar-refractivity contribution in [1.82, 2.24) is 9.21 Å². The van der Waals surface area contributed by atoms with Crippen LogP contribution < -0.4 is 0 Å². The van der Waals surface area contributed by atoms with E-state index in [0.717, 1.165) is 44.0 Å². The molecule has 0 aliphatic carbocycles. The molecule has 1 unspecified atom stereocenters. The van der Waals surface area contributed by atoms with Crippen LogP contribution in [0, 0.1) is 0 Å². The van der Waals surface area contributed by atoms with Gasteiger partial charge in [0, 0.05) is 24.2 Å². The Morgan fingerprint density at radius 1 is 1.29 bits per heavy atom. The number of piperidine rings is 1. The van der Waals surface area contributed by atoms with Gasteiger partial charge in [-0.1, -0.05) is 30.7 Å². The maximum atomic E-state index is 12.7. The van der Waals surface area contributed by atoms with Crippen molar-refractivity contribution >= 4 is 27.5 Å². The summed E-state index contributed by atoms with van der Waals surface area (Å²) < 4.78 is 25.4. The SMILES string of the molecule is CCC1CCCCN1C(=O)CN(Cc1ccc(Cl)cc1)S(C)(=O)=O. The molecule has 0 aromatic heterocycles. The third kappa shape index (κ3) is 5.19. The lowest BCUT2D eigenvalue weighted by atomic mass is 10.00. The fraction of sp³-hybridized carbons (Fsp3) is 0.588. The molecule has 24 heavy (non-hydrogen) atoms. The molecule has 134 valence electrons. The molecule has 1 saturated heterocycles. The average Bonchev–Trinajstić information content (AvgIpc) is 2.55. The zero-order chi connectivity index (χ0) is 17.7. The average molecular weight is 373 g/mol. The van der Waals surface area contributed by atoms with Crippen LogP contribution in [-0.2, 0) is 21.4 Å². The van der Waals surface area contributed by atoms with Gasteiger partial charge in [-0.15, -0.1) is 0 Å². The van der Waals surface area contributed by atoms with Crippen LogP contribution in [0.25, 0.3) is 0 Å². The lowest BCUT2D eigenvalue weighted by molar-refractivity contribution is -0.135. The second-order valence-corrected chi connectivity index (χ2v) is 8.72. The van der Waals surface area contributed by atoms with Crippen molar-refractivity contribution in [1.29, 1.82) is 0 Å². The number of amides is 1. The van der Waals surface area contributed by atoms with Crippen molar-refractivity contribution in [3.63, 3.8) is 0 Å². The highest BCUT2D eigenvalue weighted by Gasteiger charge is 2.29. The minimum Gasteiger partial charge on any atom is -0.339 e. The molecule has 1 fully saturated rings. The van der Waals surface area contributed by atoms with Crippen molar-refractivity contribution in [3.05, 3.63) is 34.9 Å². The summed E-state index contributed by atoms with van der Waals surface area (Å²) in [5.74, 6) is -0.110. The largest absolute Gasteiger partial charge is 0.339 e. The zero-order valence-corrected chi connectivity index (χ0v) is 15.8. The quantitative estimate of drug-likeness (QED) is 0.771. The Morgan fingerprint density at radius 2 is 1.96 bits per heavy atom. The molecule has 1 aliphatic heterocycles. The van der Waals surface area contributed by atoms with Crippen molar-refractivity contribution in [2.24, 2.45) is 0 Å². The second kappa shape index (κ2) is 8.32. The highest BCUT2D eigenvalue weighted by molar-refractivity contribution is 7.88. The maximum absolute atomic E-state index is 12.7. The third-order valence-corrected chi connectivity index (χ3v) is 5.92. The van der Waals surface area contributed by atoms with Gasteiger partial charge in [0.05, 0.1) is 12.8 Å². The van der Waals surface area contributed by atoms with Crippen LogP contribution in [0.4, 0.5) is 0 Å². The molecule has 0 spiro atoms. The number of rotatable bonds is 6. The molecule has 0 N–H and O–H groups in total. The molecule has 5 nitrogen and oxygen atoms in total. The summed E-state index contributed by atoms with van der Waals surface area (Å²) in [7, 11) is -3.48. The fourth-order valence-electron chi connectivity index (χ4n) is 3.08. The summed E-state index contributed by atoms with van der Waals surface area (Å²) in [5.41, 5.74) is 0.809. The predicted octanol–water partition coefficient (Wildman–Crippen LogP) is 2.89. The van der Waals surface area contributed by atoms with Gasteiger partial charge in [-0.3, -0.25) is 4.79 Å². The van der Waals surface area contributed by atoms with Crippen LogP contribution in [0.15, 0.2) is 24.3 Å². The first kappa shape index (κ1) is 19.2. The number of carbonyl (C=O) groups excluding carboxylic acids is 1. The monoisotopic (exact) mass is 372 g/mol. The highest BCUT2D eigenvalue weighted by Crippen LogP contribution is 2.20. The molecule has 0 radical (unpaired) electrons. The molecule has 1 amide bonds. The highest BCUT2D eigenvalue weighted by atomic mass is 35.5. The molecular weight excluding hydrogens is 348 g/mol. The standard InChI is InChI=1S/C17H25ClN2O3S/c1-3-16-6-4-5-11-20(16)17(21)13-19(24(2,22)23)12-14-7-9-15(18)10-8-14/h7-10,16H,3-6,11-13H2,1-2H3. The molecule has 1 aromatic carbocycles. The van der Waals surface area contributed by atoms with E-state index in [9.17, 15) is 13.2 Å². The number of hydrogen-bond donors (Lipinski definition) is 0. The summed E-state index contributed by atoms with van der Waals surface area (Å²) in [6.07, 6.45) is 5.16. The smallest absolute Gasteiger partial charge is 0.238 e. The van der Waals surface area contributed by atoms with E-state index in [0.29, 0.717) is 5.02 Å². The zero-order valence-electron chi connectivity index (χ0n) is 14.2. The van der Waals surface area contributed by atoms with E-state index < -0.39 is 10.0 Å². The van der Waals surface area contributed by atoms with Crippen LogP contribution in [-0.4, -0.2) is 48.9 Å². The van der Waals surface area contributed by atoms with Crippen LogP contribution >= 0.6 is 11.6 Å². The molecular formula is C17H25ClN2O3S. The Morgan fingerprint density at radius 3 is 2.54 bits per heavy atom. The van der Waals surface area contributed by atoms with Crippen LogP contribution in [0.2, 0.25) is 5.02 Å². The van der Waals surface area contributed by atoms with Crippen LogP contribution in [0.5, 0.6) is 0 Å². The lowest BCUT2D eigenvalue weighted by Crippen LogP contribution is -2.48. The van der Waals surface area contributed by atoms with Crippen LogP contribution in [0.1, 0.15) is 38.2 Å². The van der Waals surface area contributed by atoms with Gasteiger partial charge in [0.2, 0.25) is 15.9 Å². The summed E-state index contributed by atoms with van der Waals surface area (Å²) >= 11 is 5.86. The number of benzene rings is 1. The number of sulfonamides is 1. The first-order valence-electron chi connectivity index (χ1n) is 8.30. The Balaban J connectivity index is 2.11. The second-order valence-electron chi connectivity index (χ2n) is 6.30. The van der Waals surface area contributed by atoms with E-state index in [1.165, 1.54) is 4.31 Å². The predicted molar refractivity (Wildman–Crippen MR) is 96.3 cm³/mol. The maximum Gasteiger partial charge on any atom is 0.238 e. The molecule has 0 saturated carbocycles. The molecule has 1 aromatic rings. The van der Waals surface area contributed by atoms with E-state index in [2.05, 4.69) is 6.92 Å². The Hall–Kier alpha value is -1.11. The third-order valence-electron chi connectivity index (χ3n) is 4.47. The first-order valence-corrected chi connectivity index (χ1v) is 10.5. The van der Waals surface area contributed by atoms with Gasteiger partial charge in [0.1, 0.15) is 0 Å². The fourth-order valence-corrected chi connectivity index (χ4v) is 3.93. The topological polar surface area (TPSA) is 57.7 Å². The Kier molecular flexibility index (Phi) is 6.66. The van der Waals surface area contributed by atoms with Gasteiger partial charge in [-0.05, 0) is 43.4 Å². The van der Waals surface area contributed by atoms with Gasteiger partial charge >= 0.3 is 0 Å². The van der Waals surface area contributed by atoms with Gasteiger partial charge < -0.3 is 4.90 Å². The molecule has 1 atom stereocenters. The summed E-state index contributed by atoms with van der Waals surface area (Å²) in [6, 6.07) is 7.22. The number of likely N-dealkylation sites (tertiary alicyclic amines) is 1. The van der Waals surface area contributed by atoms with Crippen molar-refractivity contribution in [2.45, 2.75) is 45.2 Å². The van der Waals surface area contributed by atoms with E-state index in [-0.39, 0.29) is 25.0 Å². The summed E-state index contributed by atoms with van der Waals surface area (Å²) in [6.45, 7) is 2.85. The van der Waals surface area contributed by atoms with Crippen molar-refractivity contribution in [2.75, 3.05) is 19.3 Å². The minimum atomic E-state index is -3.48. The summed E-state index contributed by atoms with van der Waals surface area (Å²) in [5, 5.41) is 0.597. The molecule has 1 heterocycles. The van der Waals surface area contributed by atoms with Crippen molar-refractivity contribution in [3.8, 4) is 0 Å². The lowest BCUT2D eigenvalue weighted by Gasteiger charge is -2.36. The molecule has 1 aliphatic rings. The Labute approximate surface area is 149 Å². The van der Waals surface area contributed by atoms with Gasteiger partial charge in [-0.25, -0.2) is 8.42 Å². The number of carbonyl (C=O) groups is 1. The number of nitrogens with zero attached hydrogens (tertiary/aromatic N) is 2. The molecule has 7 heteroatoms. The molecule has 0 bridgehead atoms. The first-order chi connectivity index (χ1) is 11.3. The van der Waals surface area contributed by atoms with Gasteiger partial charge in [0.15, 0.2) is 0 Å². The van der Waals surface area contributed by atoms with E-state index in [1.807, 2.05) is 4.90 Å². The van der Waals surface area contributed by atoms with E-state index in [4.69, 9.17) is 11.6 Å². The van der Waals surface area contributed by atoms with Crippen molar-refractivity contribution < 1.29 is 13.2 Å². The van der Waals surface area contributed by atoms with Gasteiger partial charge in [-0.2, -0.15) is 4.31 Å². The van der Waals surface area contributed by atoms with Crippen LogP contribution in [0.3, 0.4) is 0 Å². The van der Waals surface area contributed by atoms with E-state index in [1.54, 1.807) is 24.3 Å². The van der Waals surface area contributed by atoms with E-state index >= 15 is 0 Å². The normalized spacial score (nSPS) is 18.8. The summed E-state index contributed by atoms with van der Waals surface area (Å²) in [4.78, 5) is 14.5. The van der Waals surface area contributed by atoms with Gasteiger partial charge in [0.25, 0.3) is 0 Å². The number of hydrogen-bond acceptors (Lipinski definition) is 3. The number of halogens is 1. The minimum absolute atomic E-state index is 0.110.